The van der Waals surface area contributed by atoms with Crippen molar-refractivity contribution in [2.45, 2.75) is 33.1 Å². The first-order valence-corrected chi connectivity index (χ1v) is 10.3. The van der Waals surface area contributed by atoms with E-state index in [2.05, 4.69) is 9.97 Å². The first kappa shape index (κ1) is 20.7. The maximum absolute atomic E-state index is 13.2. The Bertz CT molecular complexity index is 1220. The zero-order valence-corrected chi connectivity index (χ0v) is 18.2. The zero-order chi connectivity index (χ0) is 22.3. The van der Waals surface area contributed by atoms with Crippen LogP contribution in [0.4, 0.5) is 5.95 Å². The molecule has 3 aromatic heterocycles. The van der Waals surface area contributed by atoms with E-state index in [4.69, 9.17) is 10.7 Å². The van der Waals surface area contributed by atoms with Gasteiger partial charge in [-0.1, -0.05) is 0 Å². The summed E-state index contributed by atoms with van der Waals surface area (Å²) < 4.78 is 1.52. The first-order chi connectivity index (χ1) is 14.7. The van der Waals surface area contributed by atoms with E-state index in [1.54, 1.807) is 24.3 Å². The van der Waals surface area contributed by atoms with Gasteiger partial charge in [0.25, 0.3) is 11.5 Å². The van der Waals surface area contributed by atoms with Gasteiger partial charge in [0.2, 0.25) is 5.95 Å². The number of carbonyl (C=O) groups excluding carboxylic acids is 1. The van der Waals surface area contributed by atoms with Gasteiger partial charge in [0.15, 0.2) is 0 Å². The van der Waals surface area contributed by atoms with Crippen molar-refractivity contribution in [3.8, 4) is 11.1 Å². The fourth-order valence-electron chi connectivity index (χ4n) is 4.14. The fraction of sp³-hybridized carbons (Fsp3) is 0.348. The predicted molar refractivity (Wildman–Crippen MR) is 119 cm³/mol. The number of nitrogen functional groups attached to an aromatic ring is 1. The van der Waals surface area contributed by atoms with Crippen LogP contribution in [-0.4, -0.2) is 43.4 Å². The first-order valence-electron chi connectivity index (χ1n) is 10.3. The minimum absolute atomic E-state index is 0.104. The Balaban J connectivity index is 1.60. The summed E-state index contributed by atoms with van der Waals surface area (Å²) in [6.07, 6.45) is 4.19. The minimum Gasteiger partial charge on any atom is -0.368 e. The number of carbonyl (C=O) groups is 1. The highest BCUT2D eigenvalue weighted by Gasteiger charge is 2.31. The van der Waals surface area contributed by atoms with Gasteiger partial charge in [0, 0.05) is 61.1 Å². The molecule has 2 N–H and O–H groups in total. The number of nitrogens with two attached hydrogens (primary N) is 1. The van der Waals surface area contributed by atoms with Crippen molar-refractivity contribution < 1.29 is 4.79 Å². The maximum atomic E-state index is 13.2. The summed E-state index contributed by atoms with van der Waals surface area (Å²) in [5, 5.41) is 0. The third kappa shape index (κ3) is 3.93. The van der Waals surface area contributed by atoms with Crippen LogP contribution in [0.3, 0.4) is 0 Å². The van der Waals surface area contributed by atoms with Gasteiger partial charge < -0.3 is 15.2 Å². The molecule has 1 atom stereocenters. The van der Waals surface area contributed by atoms with E-state index < -0.39 is 0 Å². The molecule has 1 aliphatic heterocycles. The third-order valence-corrected chi connectivity index (χ3v) is 5.95. The molecule has 8 nitrogen and oxygen atoms in total. The number of likely N-dealkylation sites (tertiary alicyclic amines) is 1. The summed E-state index contributed by atoms with van der Waals surface area (Å²) in [6, 6.07) is 5.89. The van der Waals surface area contributed by atoms with E-state index in [0.717, 1.165) is 34.6 Å². The van der Waals surface area contributed by atoms with Crippen LogP contribution in [0.15, 0.2) is 35.4 Å². The largest absolute Gasteiger partial charge is 0.368 e. The summed E-state index contributed by atoms with van der Waals surface area (Å²) >= 11 is 0. The van der Waals surface area contributed by atoms with Crippen molar-refractivity contribution in [2.75, 3.05) is 18.8 Å². The van der Waals surface area contributed by atoms with E-state index in [9.17, 15) is 9.59 Å². The molecule has 1 unspecified atom stereocenters. The van der Waals surface area contributed by atoms with Gasteiger partial charge in [-0.25, -0.2) is 9.97 Å². The summed E-state index contributed by atoms with van der Waals surface area (Å²) in [5.41, 5.74) is 10.8. The van der Waals surface area contributed by atoms with Gasteiger partial charge in [-0.2, -0.15) is 0 Å². The lowest BCUT2D eigenvalue weighted by atomic mass is 9.99. The standard InChI is InChI=1S/C23H26N6O2/c1-13-7-15(3)28(4)21(30)20(13)22(31)29-6-5-16(12-29)19-9-17(8-14(2)27-19)18-10-25-23(24)26-11-18/h7-11,16H,5-6,12H2,1-4H3,(H2,24,25,26). The number of anilines is 1. The van der Waals surface area contributed by atoms with Gasteiger partial charge >= 0.3 is 0 Å². The van der Waals surface area contributed by atoms with E-state index in [-0.39, 0.29) is 28.9 Å². The van der Waals surface area contributed by atoms with E-state index in [1.807, 2.05) is 39.0 Å². The Morgan fingerprint density at radius 3 is 2.52 bits per heavy atom. The second-order valence-electron chi connectivity index (χ2n) is 8.20. The number of pyridine rings is 2. The van der Waals surface area contributed by atoms with Crippen LogP contribution in [0.2, 0.25) is 0 Å². The monoisotopic (exact) mass is 418 g/mol. The molecule has 0 aromatic carbocycles. The van der Waals surface area contributed by atoms with Gasteiger partial charge in [0.05, 0.1) is 0 Å². The van der Waals surface area contributed by atoms with Crippen LogP contribution in [-0.2, 0) is 7.05 Å². The van der Waals surface area contributed by atoms with Gasteiger partial charge in [0.1, 0.15) is 5.56 Å². The molecular formula is C23H26N6O2. The number of hydrogen-bond donors (Lipinski definition) is 1. The minimum atomic E-state index is -0.245. The van der Waals surface area contributed by atoms with Crippen molar-refractivity contribution in [1.29, 1.82) is 0 Å². The zero-order valence-electron chi connectivity index (χ0n) is 18.2. The molecule has 1 saturated heterocycles. The van der Waals surface area contributed by atoms with Gasteiger partial charge in [-0.15, -0.1) is 0 Å². The molecule has 1 fully saturated rings. The number of aryl methyl sites for hydroxylation is 3. The molecule has 31 heavy (non-hydrogen) atoms. The molecule has 8 heteroatoms. The molecule has 0 bridgehead atoms. The fourth-order valence-corrected chi connectivity index (χ4v) is 4.14. The second-order valence-corrected chi connectivity index (χ2v) is 8.20. The Kier molecular flexibility index (Phi) is 5.31. The number of rotatable bonds is 3. The highest BCUT2D eigenvalue weighted by atomic mass is 16.2. The molecule has 3 aromatic rings. The summed E-state index contributed by atoms with van der Waals surface area (Å²) in [6.45, 7) is 6.75. The number of nitrogens with zero attached hydrogens (tertiary/aromatic N) is 5. The number of aromatic nitrogens is 4. The average Bonchev–Trinajstić information content (AvgIpc) is 3.22. The molecule has 0 saturated carbocycles. The van der Waals surface area contributed by atoms with Crippen LogP contribution < -0.4 is 11.3 Å². The summed E-state index contributed by atoms with van der Waals surface area (Å²) in [4.78, 5) is 40.5. The predicted octanol–water partition coefficient (Wildman–Crippen LogP) is 2.37. The molecule has 4 heterocycles. The Hall–Kier alpha value is -3.55. The van der Waals surface area contributed by atoms with Crippen LogP contribution in [0.5, 0.6) is 0 Å². The van der Waals surface area contributed by atoms with E-state index >= 15 is 0 Å². The second kappa shape index (κ2) is 7.94. The average molecular weight is 419 g/mol. The number of amides is 1. The van der Waals surface area contributed by atoms with E-state index in [0.29, 0.717) is 18.7 Å². The molecule has 4 rings (SSSR count). The molecular weight excluding hydrogens is 392 g/mol. The van der Waals surface area contributed by atoms with E-state index in [1.165, 1.54) is 4.57 Å². The molecule has 160 valence electrons. The van der Waals surface area contributed by atoms with Gasteiger partial charge in [-0.3, -0.25) is 14.6 Å². The highest BCUT2D eigenvalue weighted by Crippen LogP contribution is 2.30. The van der Waals surface area contributed by atoms with Crippen LogP contribution >= 0.6 is 0 Å². The van der Waals surface area contributed by atoms with Crippen molar-refractivity contribution in [1.82, 2.24) is 24.4 Å². The summed E-state index contributed by atoms with van der Waals surface area (Å²) in [5.74, 6) is 0.129. The smallest absolute Gasteiger partial charge is 0.263 e. The lowest BCUT2D eigenvalue weighted by molar-refractivity contribution is 0.0787. The van der Waals surface area contributed by atoms with Crippen LogP contribution in [0, 0.1) is 20.8 Å². The lowest BCUT2D eigenvalue weighted by Gasteiger charge is -2.19. The van der Waals surface area contributed by atoms with Crippen molar-refractivity contribution >= 4 is 11.9 Å². The lowest BCUT2D eigenvalue weighted by Crippen LogP contribution is -2.36. The number of hydrogen-bond acceptors (Lipinski definition) is 6. The Morgan fingerprint density at radius 2 is 1.81 bits per heavy atom. The topological polar surface area (TPSA) is 107 Å². The van der Waals surface area contributed by atoms with Crippen LogP contribution in [0.1, 0.15) is 45.3 Å². The Labute approximate surface area is 180 Å². The normalized spacial score (nSPS) is 16.0. The van der Waals surface area contributed by atoms with Crippen LogP contribution in [0.25, 0.3) is 11.1 Å². The molecule has 0 radical (unpaired) electrons. The van der Waals surface area contributed by atoms with Crippen molar-refractivity contribution in [3.63, 3.8) is 0 Å². The maximum Gasteiger partial charge on any atom is 0.263 e. The van der Waals surface area contributed by atoms with Crippen molar-refractivity contribution in [2.24, 2.45) is 7.05 Å². The summed E-state index contributed by atoms with van der Waals surface area (Å²) in [7, 11) is 1.69. The molecule has 0 aliphatic carbocycles. The van der Waals surface area contributed by atoms with Gasteiger partial charge in [-0.05, 0) is 56.5 Å². The molecule has 0 spiro atoms. The third-order valence-electron chi connectivity index (χ3n) is 5.95. The molecule has 1 aliphatic rings. The SMILES string of the molecule is Cc1cc(-c2cnc(N)nc2)cc(C2CCN(C(=O)c3c(C)cc(C)n(C)c3=O)C2)n1. The highest BCUT2D eigenvalue weighted by molar-refractivity contribution is 5.95. The Morgan fingerprint density at radius 1 is 1.10 bits per heavy atom. The quantitative estimate of drug-likeness (QED) is 0.700. The molecule has 1 amide bonds. The van der Waals surface area contributed by atoms with Crippen molar-refractivity contribution in [3.05, 3.63) is 69.2 Å².